The van der Waals surface area contributed by atoms with E-state index >= 15 is 0 Å². The van der Waals surface area contributed by atoms with Gasteiger partial charge in [-0.15, -0.1) is 0 Å². The Morgan fingerprint density at radius 2 is 1.67 bits per heavy atom. The predicted molar refractivity (Wildman–Crippen MR) is 103 cm³/mol. The van der Waals surface area contributed by atoms with Gasteiger partial charge < -0.3 is 5.32 Å². The van der Waals surface area contributed by atoms with Crippen LogP contribution in [-0.4, -0.2) is 19.7 Å². The van der Waals surface area contributed by atoms with Gasteiger partial charge in [-0.1, -0.05) is 18.2 Å². The Labute approximate surface area is 169 Å². The molecular weight excluding hydrogens is 398 g/mol. The van der Waals surface area contributed by atoms with E-state index in [9.17, 15) is 17.6 Å². The van der Waals surface area contributed by atoms with Crippen LogP contribution in [0.1, 0.15) is 11.3 Å². The van der Waals surface area contributed by atoms with Crippen molar-refractivity contribution in [1.82, 2.24) is 19.7 Å². The largest absolute Gasteiger partial charge is 0.433 e. The molecule has 0 saturated carbocycles. The molecule has 0 aliphatic heterocycles. The first-order valence-corrected chi connectivity index (χ1v) is 8.94. The van der Waals surface area contributed by atoms with Gasteiger partial charge in [0.2, 0.25) is 5.95 Å². The summed E-state index contributed by atoms with van der Waals surface area (Å²) in [6, 6.07) is 16.0. The average Bonchev–Trinajstić information content (AvgIpc) is 3.17. The number of aromatic nitrogens is 4. The number of rotatable bonds is 5. The first-order chi connectivity index (χ1) is 14.4. The fourth-order valence-electron chi connectivity index (χ4n) is 2.88. The van der Waals surface area contributed by atoms with Crippen LogP contribution in [-0.2, 0) is 12.7 Å². The van der Waals surface area contributed by atoms with Crippen LogP contribution in [0.25, 0.3) is 16.9 Å². The highest BCUT2D eigenvalue weighted by Gasteiger charge is 2.32. The number of nitrogens with one attached hydrogen (secondary N) is 1. The van der Waals surface area contributed by atoms with E-state index in [1.807, 2.05) is 30.3 Å². The standard InChI is InChI=1S/C21H15F4N5/c22-16-8-6-14(7-9-16)19-15(13-30(29-19)17-4-2-1-3-5-17)12-27-20-26-11-10-18(28-20)21(23,24)25/h1-11,13H,12H2,(H,26,27,28). The maximum absolute atomic E-state index is 13.3. The van der Waals surface area contributed by atoms with Gasteiger partial charge in [-0.05, 0) is 42.5 Å². The highest BCUT2D eigenvalue weighted by Crippen LogP contribution is 2.28. The van der Waals surface area contributed by atoms with Crippen molar-refractivity contribution >= 4 is 5.95 Å². The molecule has 4 rings (SSSR count). The van der Waals surface area contributed by atoms with Gasteiger partial charge in [0.15, 0.2) is 0 Å². The minimum atomic E-state index is -4.56. The van der Waals surface area contributed by atoms with Gasteiger partial charge >= 0.3 is 6.18 Å². The van der Waals surface area contributed by atoms with Crippen LogP contribution in [0, 0.1) is 5.82 Å². The van der Waals surface area contributed by atoms with E-state index in [1.165, 1.54) is 12.1 Å². The summed E-state index contributed by atoms with van der Waals surface area (Å²) in [5.74, 6) is -0.527. The maximum atomic E-state index is 13.3. The van der Waals surface area contributed by atoms with Crippen molar-refractivity contribution in [3.05, 3.63) is 90.1 Å². The zero-order chi connectivity index (χ0) is 21.1. The third-order valence-electron chi connectivity index (χ3n) is 4.31. The van der Waals surface area contributed by atoms with E-state index in [-0.39, 0.29) is 18.3 Å². The Kier molecular flexibility index (Phi) is 5.18. The van der Waals surface area contributed by atoms with Crippen molar-refractivity contribution < 1.29 is 17.6 Å². The van der Waals surface area contributed by atoms with E-state index in [0.717, 1.165) is 18.0 Å². The number of anilines is 1. The molecule has 5 nitrogen and oxygen atoms in total. The fourth-order valence-corrected chi connectivity index (χ4v) is 2.88. The molecular formula is C21H15F4N5. The second-order valence-electron chi connectivity index (χ2n) is 6.41. The van der Waals surface area contributed by atoms with E-state index < -0.39 is 11.9 Å². The van der Waals surface area contributed by atoms with Crippen molar-refractivity contribution in [2.75, 3.05) is 5.32 Å². The summed E-state index contributed by atoms with van der Waals surface area (Å²) in [5, 5.41) is 7.39. The van der Waals surface area contributed by atoms with Gasteiger partial charge in [0.05, 0.1) is 11.4 Å². The number of benzene rings is 2. The second kappa shape index (κ2) is 7.94. The number of hydrogen-bond acceptors (Lipinski definition) is 4. The monoisotopic (exact) mass is 413 g/mol. The van der Waals surface area contributed by atoms with Gasteiger partial charge in [-0.3, -0.25) is 0 Å². The molecule has 1 N–H and O–H groups in total. The van der Waals surface area contributed by atoms with Crippen LogP contribution in [0.5, 0.6) is 0 Å². The number of alkyl halides is 3. The lowest BCUT2D eigenvalue weighted by atomic mass is 10.1. The van der Waals surface area contributed by atoms with Crippen LogP contribution in [0.4, 0.5) is 23.5 Å². The molecule has 30 heavy (non-hydrogen) atoms. The molecule has 152 valence electrons. The van der Waals surface area contributed by atoms with Gasteiger partial charge in [-0.25, -0.2) is 19.0 Å². The van der Waals surface area contributed by atoms with E-state index in [0.29, 0.717) is 16.8 Å². The molecule has 0 aliphatic carbocycles. The van der Waals surface area contributed by atoms with E-state index in [1.54, 1.807) is 23.0 Å². The minimum absolute atomic E-state index is 0.126. The molecule has 0 unspecified atom stereocenters. The summed E-state index contributed by atoms with van der Waals surface area (Å²) in [7, 11) is 0. The zero-order valence-corrected chi connectivity index (χ0v) is 15.4. The Balaban J connectivity index is 1.66. The smallest absolute Gasteiger partial charge is 0.350 e. The van der Waals surface area contributed by atoms with Crippen LogP contribution in [0.15, 0.2) is 73.1 Å². The molecule has 0 spiro atoms. The Morgan fingerprint density at radius 3 is 2.37 bits per heavy atom. The Hall–Kier alpha value is -3.75. The number of nitrogens with zero attached hydrogens (tertiary/aromatic N) is 4. The SMILES string of the molecule is Fc1ccc(-c2nn(-c3ccccc3)cc2CNc2nccc(C(F)(F)F)n2)cc1. The molecule has 2 aromatic carbocycles. The third kappa shape index (κ3) is 4.29. The van der Waals surface area contributed by atoms with Crippen LogP contribution < -0.4 is 5.32 Å². The molecule has 4 aromatic rings. The topological polar surface area (TPSA) is 55.6 Å². The maximum Gasteiger partial charge on any atom is 0.433 e. The second-order valence-corrected chi connectivity index (χ2v) is 6.41. The van der Waals surface area contributed by atoms with Crippen molar-refractivity contribution in [1.29, 1.82) is 0 Å². The highest BCUT2D eigenvalue weighted by atomic mass is 19.4. The van der Waals surface area contributed by atoms with Crippen LogP contribution >= 0.6 is 0 Å². The molecule has 0 bridgehead atoms. The Bertz CT molecular complexity index is 1140. The lowest BCUT2D eigenvalue weighted by Crippen LogP contribution is -2.11. The normalized spacial score (nSPS) is 11.5. The molecule has 0 saturated heterocycles. The minimum Gasteiger partial charge on any atom is -0.350 e. The molecule has 0 aliphatic rings. The summed E-state index contributed by atoms with van der Waals surface area (Å²) in [5.41, 5.74) is 1.71. The summed E-state index contributed by atoms with van der Waals surface area (Å²) >= 11 is 0. The lowest BCUT2D eigenvalue weighted by molar-refractivity contribution is -0.141. The number of hydrogen-bond donors (Lipinski definition) is 1. The number of halogens is 4. The third-order valence-corrected chi connectivity index (χ3v) is 4.31. The van der Waals surface area contributed by atoms with Gasteiger partial charge in [0.1, 0.15) is 11.5 Å². The van der Waals surface area contributed by atoms with Crippen molar-refractivity contribution in [3.8, 4) is 16.9 Å². The first-order valence-electron chi connectivity index (χ1n) is 8.94. The summed E-state index contributed by atoms with van der Waals surface area (Å²) in [6.45, 7) is 0.126. The average molecular weight is 413 g/mol. The van der Waals surface area contributed by atoms with Crippen molar-refractivity contribution in [2.24, 2.45) is 0 Å². The lowest BCUT2D eigenvalue weighted by Gasteiger charge is -2.08. The summed E-state index contributed by atoms with van der Waals surface area (Å²) in [4.78, 5) is 7.36. The Morgan fingerprint density at radius 1 is 0.933 bits per heavy atom. The highest BCUT2D eigenvalue weighted by molar-refractivity contribution is 5.63. The molecule has 0 atom stereocenters. The molecule has 2 aromatic heterocycles. The number of para-hydroxylation sites is 1. The van der Waals surface area contributed by atoms with Crippen LogP contribution in [0.2, 0.25) is 0 Å². The quantitative estimate of drug-likeness (QED) is 0.463. The van der Waals surface area contributed by atoms with Gasteiger partial charge in [0, 0.05) is 30.1 Å². The van der Waals surface area contributed by atoms with Gasteiger partial charge in [0.25, 0.3) is 0 Å². The molecule has 0 amide bonds. The molecule has 0 radical (unpaired) electrons. The van der Waals surface area contributed by atoms with Crippen molar-refractivity contribution in [3.63, 3.8) is 0 Å². The predicted octanol–water partition coefficient (Wildman–Crippen LogP) is 5.10. The first kappa shape index (κ1) is 19.6. The van der Waals surface area contributed by atoms with Gasteiger partial charge in [-0.2, -0.15) is 18.3 Å². The summed E-state index contributed by atoms with van der Waals surface area (Å²) in [6.07, 6.45) is -1.75. The van der Waals surface area contributed by atoms with E-state index in [4.69, 9.17) is 0 Å². The summed E-state index contributed by atoms with van der Waals surface area (Å²) < 4.78 is 53.6. The van der Waals surface area contributed by atoms with Crippen molar-refractivity contribution in [2.45, 2.75) is 12.7 Å². The molecule has 9 heteroatoms. The molecule has 2 heterocycles. The fraction of sp³-hybridized carbons (Fsp3) is 0.0952. The van der Waals surface area contributed by atoms with Crippen LogP contribution in [0.3, 0.4) is 0 Å². The molecule has 0 fully saturated rings. The van der Waals surface area contributed by atoms with E-state index in [2.05, 4.69) is 20.4 Å². The zero-order valence-electron chi connectivity index (χ0n) is 15.4.